The SMILES string of the molecule is C[C@H]1[C@H](Cl)CC2(OCCO2)[C@H]1Cl. The molecule has 70 valence electrons. The van der Waals surface area contributed by atoms with Gasteiger partial charge in [0.1, 0.15) is 0 Å². The predicted molar refractivity (Wildman–Crippen MR) is 47.7 cm³/mol. The van der Waals surface area contributed by atoms with Crippen LogP contribution in [0.5, 0.6) is 0 Å². The van der Waals surface area contributed by atoms with Crippen molar-refractivity contribution in [2.24, 2.45) is 5.92 Å². The Kier molecular flexibility index (Phi) is 2.28. The minimum atomic E-state index is -0.576. The average molecular weight is 211 g/mol. The van der Waals surface area contributed by atoms with Gasteiger partial charge in [-0.3, -0.25) is 0 Å². The molecule has 2 fully saturated rings. The molecule has 0 aromatic heterocycles. The van der Waals surface area contributed by atoms with Gasteiger partial charge in [-0.25, -0.2) is 0 Å². The molecule has 0 aromatic carbocycles. The molecule has 0 aromatic rings. The second-order valence-corrected chi connectivity index (χ2v) is 4.52. The minimum absolute atomic E-state index is 0.0746. The van der Waals surface area contributed by atoms with Crippen molar-refractivity contribution in [3.63, 3.8) is 0 Å². The monoisotopic (exact) mass is 210 g/mol. The summed E-state index contributed by atoms with van der Waals surface area (Å²) in [6.45, 7) is 3.31. The molecule has 1 saturated carbocycles. The highest BCUT2D eigenvalue weighted by atomic mass is 35.5. The molecule has 1 aliphatic heterocycles. The number of hydrogen-bond acceptors (Lipinski definition) is 2. The Bertz CT molecular complexity index is 180. The summed E-state index contributed by atoms with van der Waals surface area (Å²) in [7, 11) is 0. The first kappa shape index (κ1) is 9.07. The maximum absolute atomic E-state index is 6.19. The van der Waals surface area contributed by atoms with Gasteiger partial charge >= 0.3 is 0 Å². The van der Waals surface area contributed by atoms with E-state index in [1.807, 2.05) is 6.92 Å². The molecule has 4 heteroatoms. The van der Waals surface area contributed by atoms with Gasteiger partial charge in [0.25, 0.3) is 0 Å². The summed E-state index contributed by atoms with van der Waals surface area (Å²) >= 11 is 12.3. The lowest BCUT2D eigenvalue weighted by atomic mass is 10.1. The summed E-state index contributed by atoms with van der Waals surface area (Å²) in [4.78, 5) is 0. The summed E-state index contributed by atoms with van der Waals surface area (Å²) in [6.07, 6.45) is 0.712. The first-order chi connectivity index (χ1) is 5.66. The first-order valence-electron chi connectivity index (χ1n) is 4.22. The lowest BCUT2D eigenvalue weighted by Gasteiger charge is -2.25. The van der Waals surface area contributed by atoms with Crippen molar-refractivity contribution in [3.8, 4) is 0 Å². The van der Waals surface area contributed by atoms with Crippen molar-refractivity contribution in [2.75, 3.05) is 13.2 Å². The molecule has 12 heavy (non-hydrogen) atoms. The van der Waals surface area contributed by atoms with Crippen LogP contribution in [0.25, 0.3) is 0 Å². The van der Waals surface area contributed by atoms with E-state index >= 15 is 0 Å². The van der Waals surface area contributed by atoms with Gasteiger partial charge in [0.2, 0.25) is 0 Å². The quantitative estimate of drug-likeness (QED) is 0.570. The van der Waals surface area contributed by atoms with E-state index in [1.54, 1.807) is 0 Å². The molecule has 0 amide bonds. The number of ether oxygens (including phenoxy) is 2. The third-order valence-electron chi connectivity index (χ3n) is 2.71. The summed E-state index contributed by atoms with van der Waals surface area (Å²) in [5, 5.41) is -0.0342. The molecule has 0 unspecified atom stereocenters. The summed E-state index contributed by atoms with van der Waals surface area (Å²) in [5.74, 6) is -0.320. The molecule has 0 bridgehead atoms. The lowest BCUT2D eigenvalue weighted by molar-refractivity contribution is -0.148. The van der Waals surface area contributed by atoms with E-state index in [0.29, 0.717) is 19.6 Å². The molecule has 1 heterocycles. The molecular weight excluding hydrogens is 199 g/mol. The molecule has 1 spiro atoms. The Labute approximate surface area is 82.1 Å². The number of hydrogen-bond donors (Lipinski definition) is 0. The molecular formula is C8H12Cl2O2. The molecule has 2 aliphatic rings. The van der Waals surface area contributed by atoms with E-state index in [2.05, 4.69) is 0 Å². The zero-order valence-electron chi connectivity index (χ0n) is 6.93. The van der Waals surface area contributed by atoms with Crippen LogP contribution in [0.15, 0.2) is 0 Å². The third-order valence-corrected chi connectivity index (χ3v) is 3.99. The van der Waals surface area contributed by atoms with Crippen LogP contribution < -0.4 is 0 Å². The molecule has 0 radical (unpaired) electrons. The molecule has 2 rings (SSSR count). The first-order valence-corrected chi connectivity index (χ1v) is 5.09. The lowest BCUT2D eigenvalue weighted by Crippen LogP contribution is -2.37. The van der Waals surface area contributed by atoms with Gasteiger partial charge in [0, 0.05) is 11.8 Å². The fourth-order valence-corrected chi connectivity index (χ4v) is 2.73. The zero-order valence-corrected chi connectivity index (χ0v) is 8.44. The van der Waals surface area contributed by atoms with Crippen LogP contribution in [0.1, 0.15) is 13.3 Å². The normalized spacial score (nSPS) is 45.8. The van der Waals surface area contributed by atoms with Crippen LogP contribution in [-0.2, 0) is 9.47 Å². The highest BCUT2D eigenvalue weighted by Crippen LogP contribution is 2.46. The molecule has 3 atom stereocenters. The fraction of sp³-hybridized carbons (Fsp3) is 1.00. The highest BCUT2D eigenvalue weighted by Gasteiger charge is 2.54. The predicted octanol–water partition coefficient (Wildman–Crippen LogP) is 1.98. The molecule has 1 aliphatic carbocycles. The van der Waals surface area contributed by atoms with Crippen LogP contribution in [0.3, 0.4) is 0 Å². The van der Waals surface area contributed by atoms with Crippen molar-refractivity contribution >= 4 is 23.2 Å². The van der Waals surface area contributed by atoms with Gasteiger partial charge in [-0.05, 0) is 5.92 Å². The van der Waals surface area contributed by atoms with Gasteiger partial charge in [-0.15, -0.1) is 23.2 Å². The van der Waals surface area contributed by atoms with Crippen molar-refractivity contribution in [1.29, 1.82) is 0 Å². The van der Waals surface area contributed by atoms with Crippen molar-refractivity contribution in [2.45, 2.75) is 29.9 Å². The number of rotatable bonds is 0. The van der Waals surface area contributed by atoms with Gasteiger partial charge in [0.15, 0.2) is 5.79 Å². The van der Waals surface area contributed by atoms with Crippen LogP contribution in [0.2, 0.25) is 0 Å². The second kappa shape index (κ2) is 3.02. The largest absolute Gasteiger partial charge is 0.346 e. The standard InChI is InChI=1S/C8H12Cl2O2/c1-5-6(9)4-8(7(5)10)11-2-3-12-8/h5-7H,2-4H2,1H3/t5-,6+,7-/m0/s1. The van der Waals surface area contributed by atoms with Crippen molar-refractivity contribution in [1.82, 2.24) is 0 Å². The third kappa shape index (κ3) is 1.17. The van der Waals surface area contributed by atoms with E-state index in [4.69, 9.17) is 32.7 Å². The van der Waals surface area contributed by atoms with E-state index in [-0.39, 0.29) is 16.7 Å². The van der Waals surface area contributed by atoms with Crippen LogP contribution in [-0.4, -0.2) is 29.8 Å². The Morgan fingerprint density at radius 1 is 1.25 bits per heavy atom. The molecule has 0 N–H and O–H groups in total. The average Bonchev–Trinajstić information content (AvgIpc) is 2.57. The van der Waals surface area contributed by atoms with Gasteiger partial charge in [-0.1, -0.05) is 6.92 Å². The smallest absolute Gasteiger partial charge is 0.186 e. The minimum Gasteiger partial charge on any atom is -0.346 e. The second-order valence-electron chi connectivity index (χ2n) is 3.49. The van der Waals surface area contributed by atoms with E-state index in [0.717, 1.165) is 0 Å². The van der Waals surface area contributed by atoms with Crippen LogP contribution >= 0.6 is 23.2 Å². The maximum atomic E-state index is 6.19. The summed E-state index contributed by atoms with van der Waals surface area (Å²) in [6, 6.07) is 0. The number of alkyl halides is 2. The van der Waals surface area contributed by atoms with Gasteiger partial charge in [-0.2, -0.15) is 0 Å². The molecule has 2 nitrogen and oxygen atoms in total. The van der Waals surface area contributed by atoms with Gasteiger partial charge in [0.05, 0.1) is 18.6 Å². The Hall–Kier alpha value is 0.500. The fourth-order valence-electron chi connectivity index (χ4n) is 1.90. The Morgan fingerprint density at radius 2 is 1.83 bits per heavy atom. The van der Waals surface area contributed by atoms with E-state index in [9.17, 15) is 0 Å². The Balaban J connectivity index is 2.17. The Morgan fingerprint density at radius 3 is 2.25 bits per heavy atom. The highest BCUT2D eigenvalue weighted by molar-refractivity contribution is 6.25. The van der Waals surface area contributed by atoms with E-state index in [1.165, 1.54) is 0 Å². The van der Waals surface area contributed by atoms with Crippen LogP contribution in [0.4, 0.5) is 0 Å². The summed E-state index contributed by atoms with van der Waals surface area (Å²) < 4.78 is 11.0. The molecule has 1 saturated heterocycles. The van der Waals surface area contributed by atoms with E-state index < -0.39 is 5.79 Å². The van der Waals surface area contributed by atoms with Crippen LogP contribution in [0, 0.1) is 5.92 Å². The van der Waals surface area contributed by atoms with Crippen molar-refractivity contribution in [3.05, 3.63) is 0 Å². The zero-order chi connectivity index (χ0) is 8.77. The number of halogens is 2. The van der Waals surface area contributed by atoms with Gasteiger partial charge < -0.3 is 9.47 Å². The topological polar surface area (TPSA) is 18.5 Å². The van der Waals surface area contributed by atoms with Crippen molar-refractivity contribution < 1.29 is 9.47 Å². The summed E-state index contributed by atoms with van der Waals surface area (Å²) in [5.41, 5.74) is 0. The maximum Gasteiger partial charge on any atom is 0.186 e.